The molecule has 0 spiro atoms. The number of hydrogen-bond donors (Lipinski definition) is 1. The van der Waals surface area contributed by atoms with E-state index in [2.05, 4.69) is 6.92 Å². The van der Waals surface area contributed by atoms with E-state index in [0.29, 0.717) is 5.02 Å². The van der Waals surface area contributed by atoms with Gasteiger partial charge >= 0.3 is 0 Å². The second-order valence-electron chi connectivity index (χ2n) is 4.56. The topological polar surface area (TPSA) is 35.2 Å². The first kappa shape index (κ1) is 13.9. The molecule has 0 radical (unpaired) electrons. The molecule has 3 heteroatoms. The SMILES string of the molecule is CC[C@H](N)c1ccccc1Oc1cc(Cl)ccc1C. The maximum atomic E-state index is 6.11. The molecule has 0 aliphatic heterocycles. The summed E-state index contributed by atoms with van der Waals surface area (Å²) in [7, 11) is 0. The first-order chi connectivity index (χ1) is 9.11. The number of aryl methyl sites for hydroxylation is 1. The second kappa shape index (κ2) is 6.09. The van der Waals surface area contributed by atoms with Gasteiger partial charge in [-0.2, -0.15) is 0 Å². The Kier molecular flexibility index (Phi) is 4.46. The molecule has 2 aromatic rings. The van der Waals surface area contributed by atoms with Crippen LogP contribution in [0.15, 0.2) is 42.5 Å². The van der Waals surface area contributed by atoms with Crippen molar-refractivity contribution in [2.45, 2.75) is 26.3 Å². The Morgan fingerprint density at radius 3 is 2.63 bits per heavy atom. The van der Waals surface area contributed by atoms with Crippen molar-refractivity contribution in [3.05, 3.63) is 58.6 Å². The minimum atomic E-state index is -0.0179. The Hall–Kier alpha value is -1.51. The Balaban J connectivity index is 2.35. The third-order valence-corrected chi connectivity index (χ3v) is 3.36. The van der Waals surface area contributed by atoms with Crippen molar-refractivity contribution in [3.63, 3.8) is 0 Å². The van der Waals surface area contributed by atoms with Gasteiger partial charge in [-0.3, -0.25) is 0 Å². The summed E-state index contributed by atoms with van der Waals surface area (Å²) >= 11 is 6.01. The molecule has 0 heterocycles. The monoisotopic (exact) mass is 275 g/mol. The van der Waals surface area contributed by atoms with Gasteiger partial charge in [0.05, 0.1) is 0 Å². The average molecular weight is 276 g/mol. The predicted octanol–water partition coefficient (Wildman–Crippen LogP) is 4.85. The lowest BCUT2D eigenvalue weighted by molar-refractivity contribution is 0.465. The highest BCUT2D eigenvalue weighted by atomic mass is 35.5. The summed E-state index contributed by atoms with van der Waals surface area (Å²) in [6.45, 7) is 4.06. The number of ether oxygens (including phenoxy) is 1. The van der Waals surface area contributed by atoms with Gasteiger partial charge in [-0.25, -0.2) is 0 Å². The molecule has 0 saturated heterocycles. The molecular formula is C16H18ClNO. The fourth-order valence-corrected chi connectivity index (χ4v) is 2.06. The van der Waals surface area contributed by atoms with Crippen molar-refractivity contribution in [3.8, 4) is 11.5 Å². The van der Waals surface area contributed by atoms with Gasteiger partial charge in [0.2, 0.25) is 0 Å². The summed E-state index contributed by atoms with van der Waals surface area (Å²) in [5.74, 6) is 1.56. The molecule has 19 heavy (non-hydrogen) atoms. The van der Waals surface area contributed by atoms with Crippen LogP contribution in [0.4, 0.5) is 0 Å². The fourth-order valence-electron chi connectivity index (χ4n) is 1.90. The van der Waals surface area contributed by atoms with Crippen molar-refractivity contribution in [2.24, 2.45) is 5.73 Å². The Morgan fingerprint density at radius 2 is 1.89 bits per heavy atom. The minimum Gasteiger partial charge on any atom is -0.457 e. The number of para-hydroxylation sites is 1. The van der Waals surface area contributed by atoms with Crippen LogP contribution in [-0.4, -0.2) is 0 Å². The van der Waals surface area contributed by atoms with Crippen molar-refractivity contribution in [2.75, 3.05) is 0 Å². The fraction of sp³-hybridized carbons (Fsp3) is 0.250. The van der Waals surface area contributed by atoms with Crippen LogP contribution in [0.5, 0.6) is 11.5 Å². The largest absolute Gasteiger partial charge is 0.457 e. The normalized spacial score (nSPS) is 12.2. The van der Waals surface area contributed by atoms with Crippen molar-refractivity contribution >= 4 is 11.6 Å². The summed E-state index contributed by atoms with van der Waals surface area (Å²) in [5, 5.41) is 0.665. The summed E-state index contributed by atoms with van der Waals surface area (Å²) in [6, 6.07) is 13.5. The molecule has 0 saturated carbocycles. The third kappa shape index (κ3) is 3.28. The van der Waals surface area contributed by atoms with E-state index in [1.165, 1.54) is 0 Å². The lowest BCUT2D eigenvalue weighted by Gasteiger charge is -2.16. The molecule has 2 aromatic carbocycles. The van der Waals surface area contributed by atoms with Gasteiger partial charge in [-0.15, -0.1) is 0 Å². The summed E-state index contributed by atoms with van der Waals surface area (Å²) in [6.07, 6.45) is 0.870. The molecule has 0 bridgehead atoms. The highest BCUT2D eigenvalue weighted by Gasteiger charge is 2.11. The van der Waals surface area contributed by atoms with Crippen LogP contribution < -0.4 is 10.5 Å². The Morgan fingerprint density at radius 1 is 1.16 bits per heavy atom. The van der Waals surface area contributed by atoms with E-state index >= 15 is 0 Å². The summed E-state index contributed by atoms with van der Waals surface area (Å²) in [5.41, 5.74) is 8.17. The van der Waals surface area contributed by atoms with E-state index in [4.69, 9.17) is 22.1 Å². The van der Waals surface area contributed by atoms with Crippen LogP contribution in [0.3, 0.4) is 0 Å². The molecule has 0 amide bonds. The summed E-state index contributed by atoms with van der Waals surface area (Å²) < 4.78 is 5.98. The highest BCUT2D eigenvalue weighted by molar-refractivity contribution is 6.30. The summed E-state index contributed by atoms with van der Waals surface area (Å²) in [4.78, 5) is 0. The smallest absolute Gasteiger partial charge is 0.132 e. The van der Waals surface area contributed by atoms with E-state index in [9.17, 15) is 0 Å². The van der Waals surface area contributed by atoms with Crippen molar-refractivity contribution in [1.29, 1.82) is 0 Å². The molecule has 1 atom stereocenters. The van der Waals surface area contributed by atoms with Crippen LogP contribution in [0.25, 0.3) is 0 Å². The zero-order valence-corrected chi connectivity index (χ0v) is 11.9. The van der Waals surface area contributed by atoms with Crippen LogP contribution in [-0.2, 0) is 0 Å². The highest BCUT2D eigenvalue weighted by Crippen LogP contribution is 2.32. The molecule has 100 valence electrons. The zero-order valence-electron chi connectivity index (χ0n) is 11.2. The standard InChI is InChI=1S/C16H18ClNO/c1-3-14(18)13-6-4-5-7-15(13)19-16-10-12(17)9-8-11(16)2/h4-10,14H,3,18H2,1-2H3/t14-/m0/s1. The minimum absolute atomic E-state index is 0.0179. The van der Waals surface area contributed by atoms with E-state index in [-0.39, 0.29) is 6.04 Å². The number of hydrogen-bond acceptors (Lipinski definition) is 2. The maximum Gasteiger partial charge on any atom is 0.132 e. The molecule has 2 rings (SSSR count). The molecule has 2 N–H and O–H groups in total. The van der Waals surface area contributed by atoms with E-state index in [1.54, 1.807) is 0 Å². The van der Waals surface area contributed by atoms with Gasteiger partial charge in [-0.05, 0) is 37.1 Å². The van der Waals surface area contributed by atoms with Gasteiger partial charge in [-0.1, -0.05) is 42.8 Å². The van der Waals surface area contributed by atoms with Crippen LogP contribution >= 0.6 is 11.6 Å². The van der Waals surface area contributed by atoms with E-state index in [0.717, 1.165) is 29.0 Å². The van der Waals surface area contributed by atoms with Crippen molar-refractivity contribution in [1.82, 2.24) is 0 Å². The Labute approximate surface area is 119 Å². The lowest BCUT2D eigenvalue weighted by atomic mass is 10.0. The molecule has 0 aliphatic carbocycles. The van der Waals surface area contributed by atoms with Gasteiger partial charge in [0, 0.05) is 16.6 Å². The van der Waals surface area contributed by atoms with Crippen molar-refractivity contribution < 1.29 is 4.74 Å². The predicted molar refractivity (Wildman–Crippen MR) is 79.9 cm³/mol. The van der Waals surface area contributed by atoms with E-state index in [1.807, 2.05) is 49.4 Å². The number of halogens is 1. The van der Waals surface area contributed by atoms with Gasteiger partial charge in [0.15, 0.2) is 0 Å². The molecule has 0 fully saturated rings. The zero-order chi connectivity index (χ0) is 13.8. The van der Waals surface area contributed by atoms with Crippen LogP contribution in [0, 0.1) is 6.92 Å². The average Bonchev–Trinajstić information content (AvgIpc) is 2.42. The van der Waals surface area contributed by atoms with Crippen LogP contribution in [0.2, 0.25) is 5.02 Å². The molecule has 2 nitrogen and oxygen atoms in total. The first-order valence-corrected chi connectivity index (χ1v) is 6.78. The quantitative estimate of drug-likeness (QED) is 0.866. The molecule has 0 aliphatic rings. The molecular weight excluding hydrogens is 258 g/mol. The number of rotatable bonds is 4. The lowest BCUT2D eigenvalue weighted by Crippen LogP contribution is -2.09. The van der Waals surface area contributed by atoms with Gasteiger partial charge in [0.25, 0.3) is 0 Å². The first-order valence-electron chi connectivity index (χ1n) is 6.40. The number of benzene rings is 2. The number of nitrogens with two attached hydrogens (primary N) is 1. The second-order valence-corrected chi connectivity index (χ2v) is 5.00. The maximum absolute atomic E-state index is 6.11. The Bertz CT molecular complexity index is 568. The molecule has 0 unspecified atom stereocenters. The van der Waals surface area contributed by atoms with Gasteiger partial charge < -0.3 is 10.5 Å². The third-order valence-electron chi connectivity index (χ3n) is 3.13. The molecule has 0 aromatic heterocycles. The van der Waals surface area contributed by atoms with Gasteiger partial charge in [0.1, 0.15) is 11.5 Å². The van der Waals surface area contributed by atoms with E-state index < -0.39 is 0 Å². The van der Waals surface area contributed by atoms with Crippen LogP contribution in [0.1, 0.15) is 30.5 Å².